The van der Waals surface area contributed by atoms with Crippen molar-refractivity contribution in [3.05, 3.63) is 46.7 Å². The Morgan fingerprint density at radius 2 is 1.78 bits per heavy atom. The molecule has 2 aromatic rings. The van der Waals surface area contributed by atoms with Crippen molar-refractivity contribution in [3.63, 3.8) is 0 Å². The van der Waals surface area contributed by atoms with Crippen molar-refractivity contribution in [1.82, 2.24) is 0 Å². The van der Waals surface area contributed by atoms with Crippen LogP contribution in [-0.2, 0) is 0 Å². The minimum atomic E-state index is -0.516. The highest BCUT2D eigenvalue weighted by atomic mass is 79.9. The van der Waals surface area contributed by atoms with Gasteiger partial charge in [0.1, 0.15) is 5.75 Å². The van der Waals surface area contributed by atoms with Crippen LogP contribution in [-0.4, -0.2) is 7.11 Å². The number of hydrogen-bond acceptors (Lipinski definition) is 3. The van der Waals surface area contributed by atoms with Gasteiger partial charge >= 0.3 is 0 Å². The average molecular weight is 312 g/mol. The van der Waals surface area contributed by atoms with Gasteiger partial charge in [-0.05, 0) is 24.3 Å². The van der Waals surface area contributed by atoms with Crippen LogP contribution in [0.3, 0.4) is 0 Å². The van der Waals surface area contributed by atoms with Gasteiger partial charge in [-0.1, -0.05) is 15.9 Å². The fourth-order valence-electron chi connectivity index (χ4n) is 1.42. The quantitative estimate of drug-likeness (QED) is 0.872. The number of methoxy groups -OCH3 is 1. The molecule has 0 saturated heterocycles. The van der Waals surface area contributed by atoms with Gasteiger partial charge in [0.25, 0.3) is 0 Å². The normalized spacial score (nSPS) is 10.2. The summed E-state index contributed by atoms with van der Waals surface area (Å²) >= 11 is 3.33. The van der Waals surface area contributed by atoms with E-state index < -0.39 is 5.82 Å². The van der Waals surface area contributed by atoms with Gasteiger partial charge in [-0.25, -0.2) is 4.39 Å². The van der Waals surface area contributed by atoms with E-state index >= 15 is 0 Å². The van der Waals surface area contributed by atoms with Gasteiger partial charge in [-0.2, -0.15) is 0 Å². The molecule has 0 aliphatic heterocycles. The van der Waals surface area contributed by atoms with Gasteiger partial charge in [0.15, 0.2) is 17.3 Å². The van der Waals surface area contributed by atoms with E-state index in [1.807, 2.05) is 12.1 Å². The molecule has 2 N–H and O–H groups in total. The van der Waals surface area contributed by atoms with Gasteiger partial charge in [-0.15, -0.1) is 0 Å². The molecular weight excluding hydrogens is 301 g/mol. The molecule has 0 spiro atoms. The summed E-state index contributed by atoms with van der Waals surface area (Å²) in [5.41, 5.74) is 5.91. The third kappa shape index (κ3) is 2.73. The lowest BCUT2D eigenvalue weighted by Crippen LogP contribution is -1.96. The molecule has 2 aromatic carbocycles. The predicted octanol–water partition coefficient (Wildman–Crippen LogP) is 3.97. The summed E-state index contributed by atoms with van der Waals surface area (Å²) in [5.74, 6) is 0.545. The predicted molar refractivity (Wildman–Crippen MR) is 71.6 cm³/mol. The summed E-state index contributed by atoms with van der Waals surface area (Å²) in [5, 5.41) is 0. The number of nitrogen functional groups attached to an aromatic ring is 1. The van der Waals surface area contributed by atoms with Crippen molar-refractivity contribution in [2.75, 3.05) is 12.8 Å². The second kappa shape index (κ2) is 5.27. The Morgan fingerprint density at radius 3 is 2.39 bits per heavy atom. The Labute approximate surface area is 112 Å². The molecule has 94 valence electrons. The Kier molecular flexibility index (Phi) is 3.72. The zero-order valence-corrected chi connectivity index (χ0v) is 11.2. The van der Waals surface area contributed by atoms with Crippen molar-refractivity contribution in [1.29, 1.82) is 0 Å². The smallest absolute Gasteiger partial charge is 0.167 e. The summed E-state index contributed by atoms with van der Waals surface area (Å²) in [6.07, 6.45) is 0. The molecule has 0 atom stereocenters. The molecular formula is C13H11BrFNO2. The highest BCUT2D eigenvalue weighted by molar-refractivity contribution is 9.10. The van der Waals surface area contributed by atoms with Gasteiger partial charge < -0.3 is 15.2 Å². The Morgan fingerprint density at radius 1 is 1.11 bits per heavy atom. The summed E-state index contributed by atoms with van der Waals surface area (Å²) in [6, 6.07) is 9.83. The molecule has 0 saturated carbocycles. The molecule has 0 unspecified atom stereocenters. The van der Waals surface area contributed by atoms with Crippen LogP contribution < -0.4 is 15.2 Å². The topological polar surface area (TPSA) is 44.5 Å². The molecule has 0 bridgehead atoms. The SMILES string of the molecule is COc1cc(Oc2ccc(Br)cc2)c(N)cc1F. The minimum Gasteiger partial charge on any atom is -0.494 e. The Hall–Kier alpha value is -1.75. The summed E-state index contributed by atoms with van der Waals surface area (Å²) in [4.78, 5) is 0. The summed E-state index contributed by atoms with van der Waals surface area (Å²) in [7, 11) is 1.39. The number of benzene rings is 2. The lowest BCUT2D eigenvalue weighted by molar-refractivity contribution is 0.382. The van der Waals surface area contributed by atoms with Crippen molar-refractivity contribution in [2.24, 2.45) is 0 Å². The monoisotopic (exact) mass is 311 g/mol. The fourth-order valence-corrected chi connectivity index (χ4v) is 1.69. The molecule has 0 heterocycles. The van der Waals surface area contributed by atoms with Gasteiger partial charge in [0.05, 0.1) is 12.8 Å². The van der Waals surface area contributed by atoms with E-state index in [-0.39, 0.29) is 11.4 Å². The van der Waals surface area contributed by atoms with E-state index in [4.69, 9.17) is 15.2 Å². The molecule has 5 heteroatoms. The largest absolute Gasteiger partial charge is 0.494 e. The van der Waals surface area contributed by atoms with E-state index in [1.54, 1.807) is 12.1 Å². The molecule has 0 aromatic heterocycles. The van der Waals surface area contributed by atoms with Crippen molar-refractivity contribution in [3.8, 4) is 17.2 Å². The second-order valence-corrected chi connectivity index (χ2v) is 4.50. The van der Waals surface area contributed by atoms with E-state index in [0.717, 1.165) is 4.47 Å². The number of rotatable bonds is 3. The summed E-state index contributed by atoms with van der Waals surface area (Å²) < 4.78 is 24.7. The van der Waals surface area contributed by atoms with Crippen LogP contribution >= 0.6 is 15.9 Å². The second-order valence-electron chi connectivity index (χ2n) is 3.58. The number of anilines is 1. The molecule has 3 nitrogen and oxygen atoms in total. The third-order valence-corrected chi connectivity index (χ3v) is 2.85. The average Bonchev–Trinajstić information content (AvgIpc) is 2.35. The fraction of sp³-hybridized carbons (Fsp3) is 0.0769. The van der Waals surface area contributed by atoms with Gasteiger partial charge in [-0.3, -0.25) is 0 Å². The van der Waals surface area contributed by atoms with Crippen LogP contribution in [0.25, 0.3) is 0 Å². The van der Waals surface area contributed by atoms with Crippen LogP contribution in [0.5, 0.6) is 17.2 Å². The number of halogens is 2. The molecule has 0 aliphatic carbocycles. The first-order valence-electron chi connectivity index (χ1n) is 5.16. The maximum atomic E-state index is 13.4. The highest BCUT2D eigenvalue weighted by Crippen LogP contribution is 2.33. The molecule has 2 rings (SSSR count). The van der Waals surface area contributed by atoms with Gasteiger partial charge in [0, 0.05) is 16.6 Å². The maximum Gasteiger partial charge on any atom is 0.167 e. The first-order chi connectivity index (χ1) is 8.60. The summed E-state index contributed by atoms with van der Waals surface area (Å²) in [6.45, 7) is 0. The van der Waals surface area contributed by atoms with E-state index in [0.29, 0.717) is 11.5 Å². The lowest BCUT2D eigenvalue weighted by atomic mass is 10.2. The molecule has 0 aliphatic rings. The van der Waals surface area contributed by atoms with Crippen LogP contribution in [0.4, 0.5) is 10.1 Å². The standard InChI is InChI=1S/C13H11BrFNO2/c1-17-12-7-13(11(16)6-10(12)15)18-9-4-2-8(14)3-5-9/h2-7H,16H2,1H3. The molecule has 0 radical (unpaired) electrons. The van der Waals surface area contributed by atoms with Crippen LogP contribution in [0, 0.1) is 5.82 Å². The number of ether oxygens (including phenoxy) is 2. The Balaban J connectivity index is 2.31. The molecule has 0 amide bonds. The zero-order valence-electron chi connectivity index (χ0n) is 9.61. The molecule has 18 heavy (non-hydrogen) atoms. The third-order valence-electron chi connectivity index (χ3n) is 2.33. The van der Waals surface area contributed by atoms with E-state index in [1.165, 1.54) is 19.2 Å². The van der Waals surface area contributed by atoms with Crippen molar-refractivity contribution in [2.45, 2.75) is 0 Å². The zero-order chi connectivity index (χ0) is 13.1. The van der Waals surface area contributed by atoms with Gasteiger partial charge in [0.2, 0.25) is 0 Å². The van der Waals surface area contributed by atoms with Crippen LogP contribution in [0.1, 0.15) is 0 Å². The lowest BCUT2D eigenvalue weighted by Gasteiger charge is -2.11. The highest BCUT2D eigenvalue weighted by Gasteiger charge is 2.10. The van der Waals surface area contributed by atoms with Crippen molar-refractivity contribution < 1.29 is 13.9 Å². The molecule has 0 fully saturated rings. The Bertz CT molecular complexity index is 558. The van der Waals surface area contributed by atoms with E-state index in [2.05, 4.69) is 15.9 Å². The van der Waals surface area contributed by atoms with Crippen molar-refractivity contribution >= 4 is 21.6 Å². The van der Waals surface area contributed by atoms with Crippen LogP contribution in [0.15, 0.2) is 40.9 Å². The first-order valence-corrected chi connectivity index (χ1v) is 5.96. The van der Waals surface area contributed by atoms with Crippen LogP contribution in [0.2, 0.25) is 0 Å². The maximum absolute atomic E-state index is 13.4. The van der Waals surface area contributed by atoms with E-state index in [9.17, 15) is 4.39 Å². The first kappa shape index (κ1) is 12.7. The number of nitrogens with two attached hydrogens (primary N) is 1. The number of hydrogen-bond donors (Lipinski definition) is 1. The minimum absolute atomic E-state index is 0.0938.